The highest BCUT2D eigenvalue weighted by Crippen LogP contribution is 2.13. The maximum atomic E-state index is 12.4. The molecule has 1 aliphatic rings. The van der Waals surface area contributed by atoms with Crippen LogP contribution in [0.1, 0.15) is 21.5 Å². The van der Waals surface area contributed by atoms with Gasteiger partial charge in [0.2, 0.25) is 5.91 Å². The van der Waals surface area contributed by atoms with E-state index in [9.17, 15) is 9.59 Å². The van der Waals surface area contributed by atoms with E-state index < -0.39 is 0 Å². The van der Waals surface area contributed by atoms with E-state index in [0.717, 1.165) is 32.7 Å². The van der Waals surface area contributed by atoms with Crippen molar-refractivity contribution in [2.24, 2.45) is 0 Å². The van der Waals surface area contributed by atoms with Gasteiger partial charge in [0.25, 0.3) is 5.91 Å². The van der Waals surface area contributed by atoms with Crippen LogP contribution in [-0.2, 0) is 11.3 Å². The van der Waals surface area contributed by atoms with Gasteiger partial charge in [-0.25, -0.2) is 0 Å². The average Bonchev–Trinajstić information content (AvgIpc) is 2.70. The van der Waals surface area contributed by atoms with E-state index in [1.807, 2.05) is 0 Å². The largest absolute Gasteiger partial charge is 0.355 e. The summed E-state index contributed by atoms with van der Waals surface area (Å²) in [5.74, 6) is -0.220. The molecule has 0 aromatic heterocycles. The molecule has 2 amide bonds. The molecular formula is C22H28N4O2. The molecule has 2 N–H and O–H groups in total. The molecule has 1 saturated heterocycles. The zero-order valence-electron chi connectivity index (χ0n) is 16.6. The molecule has 1 heterocycles. The first kappa shape index (κ1) is 20.0. The van der Waals surface area contributed by atoms with Gasteiger partial charge in [0, 0.05) is 51.0 Å². The van der Waals surface area contributed by atoms with Crippen molar-refractivity contribution in [1.29, 1.82) is 0 Å². The smallest absolute Gasteiger partial charge is 0.251 e. The molecule has 0 radical (unpaired) electrons. The van der Waals surface area contributed by atoms with Gasteiger partial charge in [-0.15, -0.1) is 0 Å². The first-order valence-corrected chi connectivity index (χ1v) is 9.66. The van der Waals surface area contributed by atoms with Crippen LogP contribution in [0.5, 0.6) is 0 Å². The van der Waals surface area contributed by atoms with E-state index >= 15 is 0 Å². The van der Waals surface area contributed by atoms with Crippen LogP contribution < -0.4 is 10.6 Å². The van der Waals surface area contributed by atoms with Gasteiger partial charge in [0.05, 0.1) is 6.54 Å². The zero-order chi connectivity index (χ0) is 19.9. The van der Waals surface area contributed by atoms with Gasteiger partial charge >= 0.3 is 0 Å². The van der Waals surface area contributed by atoms with E-state index in [1.165, 1.54) is 11.1 Å². The molecule has 0 atom stereocenters. The number of hydrogen-bond acceptors (Lipinski definition) is 4. The zero-order valence-corrected chi connectivity index (χ0v) is 16.6. The Labute approximate surface area is 166 Å². The minimum absolute atomic E-state index is 0.0542. The lowest BCUT2D eigenvalue weighted by Crippen LogP contribution is -2.48. The van der Waals surface area contributed by atoms with Gasteiger partial charge in [-0.1, -0.05) is 30.3 Å². The molecule has 6 heteroatoms. The van der Waals surface area contributed by atoms with Crippen molar-refractivity contribution in [3.63, 3.8) is 0 Å². The van der Waals surface area contributed by atoms with Gasteiger partial charge in [-0.3, -0.25) is 19.4 Å². The van der Waals surface area contributed by atoms with Crippen molar-refractivity contribution < 1.29 is 9.59 Å². The highest BCUT2D eigenvalue weighted by atomic mass is 16.2. The monoisotopic (exact) mass is 380 g/mol. The Morgan fingerprint density at radius 2 is 1.68 bits per heavy atom. The van der Waals surface area contributed by atoms with E-state index in [-0.39, 0.29) is 11.8 Å². The summed E-state index contributed by atoms with van der Waals surface area (Å²) in [4.78, 5) is 28.7. The van der Waals surface area contributed by atoms with Crippen LogP contribution in [0, 0.1) is 6.92 Å². The number of nitrogens with zero attached hydrogens (tertiary/aromatic N) is 2. The number of benzene rings is 2. The summed E-state index contributed by atoms with van der Waals surface area (Å²) in [7, 11) is 1.59. The highest BCUT2D eigenvalue weighted by Gasteiger charge is 2.19. The predicted octanol–water partition coefficient (Wildman–Crippen LogP) is 2.11. The van der Waals surface area contributed by atoms with E-state index in [1.54, 1.807) is 31.3 Å². The fraction of sp³-hybridized carbons (Fsp3) is 0.364. The minimum Gasteiger partial charge on any atom is -0.355 e. The second-order valence-electron chi connectivity index (χ2n) is 7.19. The molecule has 148 valence electrons. The molecule has 1 fully saturated rings. The Morgan fingerprint density at radius 1 is 0.964 bits per heavy atom. The molecule has 0 bridgehead atoms. The molecule has 1 aliphatic heterocycles. The Hall–Kier alpha value is -2.70. The lowest BCUT2D eigenvalue weighted by molar-refractivity contribution is -0.117. The topological polar surface area (TPSA) is 64.7 Å². The van der Waals surface area contributed by atoms with Crippen LogP contribution in [0.2, 0.25) is 0 Å². The molecule has 3 rings (SSSR count). The van der Waals surface area contributed by atoms with Crippen molar-refractivity contribution >= 4 is 17.5 Å². The molecule has 2 aromatic rings. The first-order valence-electron chi connectivity index (χ1n) is 9.66. The lowest BCUT2D eigenvalue weighted by Gasteiger charge is -2.34. The summed E-state index contributed by atoms with van der Waals surface area (Å²) in [6.45, 7) is 7.12. The van der Waals surface area contributed by atoms with Gasteiger partial charge < -0.3 is 10.6 Å². The van der Waals surface area contributed by atoms with Crippen molar-refractivity contribution in [1.82, 2.24) is 15.1 Å². The van der Waals surface area contributed by atoms with E-state index in [4.69, 9.17) is 0 Å². The minimum atomic E-state index is -0.166. The second-order valence-corrected chi connectivity index (χ2v) is 7.19. The number of carbonyl (C=O) groups is 2. The van der Waals surface area contributed by atoms with Crippen molar-refractivity contribution in [2.75, 3.05) is 45.1 Å². The van der Waals surface area contributed by atoms with Crippen LogP contribution in [0.4, 0.5) is 5.69 Å². The number of hydrogen-bond donors (Lipinski definition) is 2. The van der Waals surface area contributed by atoms with Crippen molar-refractivity contribution in [3.8, 4) is 0 Å². The lowest BCUT2D eigenvalue weighted by atomic mass is 10.1. The number of rotatable bonds is 6. The van der Waals surface area contributed by atoms with Crippen LogP contribution in [0.3, 0.4) is 0 Å². The number of amides is 2. The molecular weight excluding hydrogens is 352 g/mol. The predicted molar refractivity (Wildman–Crippen MR) is 111 cm³/mol. The summed E-state index contributed by atoms with van der Waals surface area (Å²) >= 11 is 0. The molecule has 0 spiro atoms. The Morgan fingerprint density at radius 3 is 2.39 bits per heavy atom. The number of anilines is 1. The number of piperazine rings is 1. The van der Waals surface area contributed by atoms with Gasteiger partial charge in [0.15, 0.2) is 0 Å². The standard InChI is InChI=1S/C22H28N4O2/c1-17-6-3-4-7-19(17)15-25-10-12-26(13-11-25)16-21(27)24-20-9-5-8-18(14-20)22(28)23-2/h3-9,14H,10-13,15-16H2,1-2H3,(H,23,28)(H,24,27). The second kappa shape index (κ2) is 9.48. The normalized spacial score (nSPS) is 15.2. The third-order valence-corrected chi connectivity index (χ3v) is 5.12. The number of nitrogens with one attached hydrogen (secondary N) is 2. The fourth-order valence-corrected chi connectivity index (χ4v) is 3.42. The Kier molecular flexibility index (Phi) is 6.79. The Balaban J connectivity index is 1.46. The summed E-state index contributed by atoms with van der Waals surface area (Å²) in [6.07, 6.45) is 0. The van der Waals surface area contributed by atoms with Crippen molar-refractivity contribution in [2.45, 2.75) is 13.5 Å². The molecule has 2 aromatic carbocycles. The van der Waals surface area contributed by atoms with Gasteiger partial charge in [-0.2, -0.15) is 0 Å². The fourth-order valence-electron chi connectivity index (χ4n) is 3.42. The molecule has 0 unspecified atom stereocenters. The maximum Gasteiger partial charge on any atom is 0.251 e. The van der Waals surface area contributed by atoms with Crippen LogP contribution in [0.25, 0.3) is 0 Å². The molecule has 28 heavy (non-hydrogen) atoms. The van der Waals surface area contributed by atoms with E-state index in [2.05, 4.69) is 51.6 Å². The summed E-state index contributed by atoms with van der Waals surface area (Å²) in [6, 6.07) is 15.5. The summed E-state index contributed by atoms with van der Waals surface area (Å²) < 4.78 is 0. The molecule has 6 nitrogen and oxygen atoms in total. The van der Waals surface area contributed by atoms with Crippen molar-refractivity contribution in [3.05, 3.63) is 65.2 Å². The van der Waals surface area contributed by atoms with Gasteiger partial charge in [0.1, 0.15) is 0 Å². The van der Waals surface area contributed by atoms with E-state index in [0.29, 0.717) is 17.8 Å². The third kappa shape index (κ3) is 5.41. The van der Waals surface area contributed by atoms with Crippen LogP contribution in [0.15, 0.2) is 48.5 Å². The average molecular weight is 380 g/mol. The molecule has 0 saturated carbocycles. The summed E-state index contributed by atoms with van der Waals surface area (Å²) in [5.41, 5.74) is 3.86. The van der Waals surface area contributed by atoms with Gasteiger partial charge in [-0.05, 0) is 36.2 Å². The number of aryl methyl sites for hydroxylation is 1. The first-order chi connectivity index (χ1) is 13.5. The maximum absolute atomic E-state index is 12.4. The third-order valence-electron chi connectivity index (χ3n) is 5.12. The SMILES string of the molecule is CNC(=O)c1cccc(NC(=O)CN2CCN(Cc3ccccc3C)CC2)c1. The Bertz CT molecular complexity index is 829. The quantitative estimate of drug-likeness (QED) is 0.806. The number of carbonyl (C=O) groups excluding carboxylic acids is 2. The molecule has 0 aliphatic carbocycles. The van der Waals surface area contributed by atoms with Crippen LogP contribution >= 0.6 is 0 Å². The highest BCUT2D eigenvalue weighted by molar-refractivity contribution is 5.97. The van der Waals surface area contributed by atoms with Crippen LogP contribution in [-0.4, -0.2) is 61.4 Å². The summed E-state index contributed by atoms with van der Waals surface area (Å²) in [5, 5.41) is 5.48.